The smallest absolute Gasteiger partial charge is 0.303 e. The van der Waals surface area contributed by atoms with Crippen LogP contribution in [0.1, 0.15) is 27.0 Å². The number of hydrogen-bond acceptors (Lipinski definition) is 11. The van der Waals surface area contributed by atoms with Crippen LogP contribution in [0.4, 0.5) is 5.82 Å². The number of fused-ring (bicyclic) bond motifs is 1. The minimum atomic E-state index is -1.04. The van der Waals surface area contributed by atoms with E-state index in [1.54, 1.807) is 4.57 Å². The van der Waals surface area contributed by atoms with E-state index in [4.69, 9.17) is 24.7 Å². The number of carbonyl (C=O) groups is 3. The fourth-order valence-corrected chi connectivity index (χ4v) is 3.77. The summed E-state index contributed by atoms with van der Waals surface area (Å²) in [6.45, 7) is 3.47. The average molecular weight is 519 g/mol. The third-order valence-electron chi connectivity index (χ3n) is 4.06. The standard InChI is InChI=1S/C16H18IN5O7/c1-6(23)26-4-9-11(27-7(2)24)12(28-8(3)25)15(29-9)22-14-10(21-16(22)17)13(18)19-5-20-14/h5,9,11-12,15H,4H2,1-3H3,(H2,18,19,20). The van der Waals surface area contributed by atoms with Crippen LogP contribution < -0.4 is 5.73 Å². The Balaban J connectivity index is 2.07. The van der Waals surface area contributed by atoms with Gasteiger partial charge >= 0.3 is 17.9 Å². The number of rotatable bonds is 5. The Kier molecular flexibility index (Phi) is 6.16. The lowest BCUT2D eigenvalue weighted by Crippen LogP contribution is -2.40. The molecule has 0 bridgehead atoms. The molecule has 1 fully saturated rings. The van der Waals surface area contributed by atoms with Crippen molar-refractivity contribution in [2.75, 3.05) is 12.3 Å². The molecule has 1 aliphatic rings. The van der Waals surface area contributed by atoms with Crippen LogP contribution in [-0.4, -0.2) is 62.3 Å². The van der Waals surface area contributed by atoms with Gasteiger partial charge in [-0.05, 0) is 0 Å². The molecule has 4 atom stereocenters. The van der Waals surface area contributed by atoms with Crippen LogP contribution >= 0.6 is 22.6 Å². The maximum Gasteiger partial charge on any atom is 0.303 e. The van der Waals surface area contributed by atoms with E-state index < -0.39 is 42.4 Å². The highest BCUT2D eigenvalue weighted by Gasteiger charge is 2.51. The molecule has 13 heteroatoms. The lowest BCUT2D eigenvalue weighted by Gasteiger charge is -2.24. The lowest BCUT2D eigenvalue weighted by atomic mass is 10.1. The number of nitrogen functional groups attached to an aromatic ring is 1. The SMILES string of the molecule is CC(=O)OCC1OC(n2c(I)nc3c(N)ncnc32)C(OC(C)=O)C1OC(C)=O. The Morgan fingerprint density at radius 1 is 1.14 bits per heavy atom. The first kappa shape index (κ1) is 21.2. The van der Waals surface area contributed by atoms with Gasteiger partial charge in [0.1, 0.15) is 19.0 Å². The van der Waals surface area contributed by atoms with Crippen molar-refractivity contribution in [3.8, 4) is 0 Å². The Labute approximate surface area is 178 Å². The van der Waals surface area contributed by atoms with E-state index in [0.717, 1.165) is 0 Å². The Morgan fingerprint density at radius 3 is 2.41 bits per heavy atom. The summed E-state index contributed by atoms with van der Waals surface area (Å²) >= 11 is 1.95. The molecule has 0 spiro atoms. The highest BCUT2D eigenvalue weighted by molar-refractivity contribution is 14.1. The molecule has 1 aliphatic heterocycles. The van der Waals surface area contributed by atoms with Gasteiger partial charge < -0.3 is 24.7 Å². The van der Waals surface area contributed by atoms with Crippen LogP contribution in [0.2, 0.25) is 0 Å². The fraction of sp³-hybridized carbons (Fsp3) is 0.500. The quantitative estimate of drug-likeness (QED) is 0.251. The van der Waals surface area contributed by atoms with Crippen molar-refractivity contribution in [3.63, 3.8) is 0 Å². The molecule has 0 aromatic carbocycles. The second-order valence-electron chi connectivity index (χ2n) is 6.20. The van der Waals surface area contributed by atoms with Crippen molar-refractivity contribution in [2.24, 2.45) is 0 Å². The van der Waals surface area contributed by atoms with Crippen LogP contribution in [0.3, 0.4) is 0 Å². The number of ether oxygens (including phenoxy) is 4. The van der Waals surface area contributed by atoms with E-state index in [-0.39, 0.29) is 12.4 Å². The molecule has 156 valence electrons. The first-order valence-electron chi connectivity index (χ1n) is 8.46. The molecule has 1 saturated heterocycles. The first-order valence-corrected chi connectivity index (χ1v) is 9.54. The number of aromatic nitrogens is 4. The van der Waals surface area contributed by atoms with E-state index in [9.17, 15) is 14.4 Å². The van der Waals surface area contributed by atoms with Crippen LogP contribution in [0.5, 0.6) is 0 Å². The highest BCUT2D eigenvalue weighted by atomic mass is 127. The van der Waals surface area contributed by atoms with Gasteiger partial charge in [-0.1, -0.05) is 0 Å². The van der Waals surface area contributed by atoms with E-state index in [0.29, 0.717) is 15.0 Å². The fourth-order valence-electron chi connectivity index (χ4n) is 3.03. The summed E-state index contributed by atoms with van der Waals surface area (Å²) in [5.74, 6) is -1.59. The molecular formula is C16H18IN5O7. The zero-order valence-electron chi connectivity index (χ0n) is 15.7. The normalized spacial score (nSPS) is 23.7. The van der Waals surface area contributed by atoms with Gasteiger partial charge in [0.15, 0.2) is 39.2 Å². The molecule has 29 heavy (non-hydrogen) atoms. The molecule has 0 aliphatic carbocycles. The maximum atomic E-state index is 11.7. The number of carbonyl (C=O) groups excluding carboxylic acids is 3. The molecule has 2 aromatic rings. The molecule has 3 heterocycles. The van der Waals surface area contributed by atoms with Gasteiger partial charge in [-0.3, -0.25) is 19.0 Å². The third kappa shape index (κ3) is 4.39. The van der Waals surface area contributed by atoms with Crippen molar-refractivity contribution in [2.45, 2.75) is 45.3 Å². The second kappa shape index (κ2) is 8.44. The van der Waals surface area contributed by atoms with Crippen LogP contribution in [0, 0.1) is 3.83 Å². The number of hydrogen-bond donors (Lipinski definition) is 1. The number of anilines is 1. The summed E-state index contributed by atoms with van der Waals surface area (Å²) < 4.78 is 23.8. The molecule has 2 N–H and O–H groups in total. The number of nitrogens with two attached hydrogens (primary N) is 1. The zero-order chi connectivity index (χ0) is 21.3. The number of nitrogens with zero attached hydrogens (tertiary/aromatic N) is 4. The number of halogens is 1. The van der Waals surface area contributed by atoms with Gasteiger partial charge in [0.25, 0.3) is 0 Å². The predicted octanol–water partition coefficient (Wildman–Crippen LogP) is 0.337. The highest BCUT2D eigenvalue weighted by Crippen LogP contribution is 2.37. The third-order valence-corrected chi connectivity index (χ3v) is 4.82. The van der Waals surface area contributed by atoms with Gasteiger partial charge in [0.2, 0.25) is 0 Å². The van der Waals surface area contributed by atoms with Crippen molar-refractivity contribution >= 4 is 57.5 Å². The van der Waals surface area contributed by atoms with E-state index in [1.807, 2.05) is 22.6 Å². The van der Waals surface area contributed by atoms with Crippen molar-refractivity contribution in [3.05, 3.63) is 10.2 Å². The van der Waals surface area contributed by atoms with Crippen LogP contribution in [-0.2, 0) is 33.3 Å². The topological polar surface area (TPSA) is 158 Å². The molecule has 3 rings (SSSR count). The summed E-state index contributed by atoms with van der Waals surface area (Å²) in [6.07, 6.45) is -2.64. The van der Waals surface area contributed by atoms with Gasteiger partial charge in [-0.2, -0.15) is 0 Å². The second-order valence-corrected chi connectivity index (χ2v) is 7.16. The summed E-state index contributed by atoms with van der Waals surface area (Å²) in [7, 11) is 0. The average Bonchev–Trinajstić information content (AvgIpc) is 3.11. The molecule has 12 nitrogen and oxygen atoms in total. The Hall–Kier alpha value is -2.55. The minimum Gasteiger partial charge on any atom is -0.463 e. The predicted molar refractivity (Wildman–Crippen MR) is 104 cm³/mol. The lowest BCUT2D eigenvalue weighted by molar-refractivity contribution is -0.166. The van der Waals surface area contributed by atoms with Gasteiger partial charge in [-0.15, -0.1) is 0 Å². The van der Waals surface area contributed by atoms with E-state index in [2.05, 4.69) is 15.0 Å². The maximum absolute atomic E-state index is 11.7. The Bertz CT molecular complexity index is 965. The van der Waals surface area contributed by atoms with Gasteiger partial charge in [0, 0.05) is 43.4 Å². The monoisotopic (exact) mass is 519 g/mol. The molecule has 2 aromatic heterocycles. The largest absolute Gasteiger partial charge is 0.463 e. The summed E-state index contributed by atoms with van der Waals surface area (Å²) in [6, 6.07) is 0. The first-order chi connectivity index (χ1) is 13.7. The van der Waals surface area contributed by atoms with E-state index in [1.165, 1.54) is 27.1 Å². The zero-order valence-corrected chi connectivity index (χ0v) is 17.9. The molecule has 0 radical (unpaired) electrons. The molecule has 4 unspecified atom stereocenters. The van der Waals surface area contributed by atoms with Gasteiger partial charge in [-0.25, -0.2) is 15.0 Å². The van der Waals surface area contributed by atoms with Crippen molar-refractivity contribution < 1.29 is 33.3 Å². The van der Waals surface area contributed by atoms with E-state index >= 15 is 0 Å². The van der Waals surface area contributed by atoms with Crippen molar-refractivity contribution in [1.82, 2.24) is 19.5 Å². The molecule has 0 amide bonds. The minimum absolute atomic E-state index is 0.168. The van der Waals surface area contributed by atoms with Crippen LogP contribution in [0.15, 0.2) is 6.33 Å². The summed E-state index contributed by atoms with van der Waals surface area (Å²) in [4.78, 5) is 47.1. The summed E-state index contributed by atoms with van der Waals surface area (Å²) in [5.41, 5.74) is 6.56. The molecule has 0 saturated carbocycles. The Morgan fingerprint density at radius 2 is 1.79 bits per heavy atom. The number of esters is 3. The van der Waals surface area contributed by atoms with Gasteiger partial charge in [0.05, 0.1) is 0 Å². The number of imidazole rings is 1. The van der Waals surface area contributed by atoms with Crippen molar-refractivity contribution in [1.29, 1.82) is 0 Å². The van der Waals surface area contributed by atoms with Crippen LogP contribution in [0.25, 0.3) is 11.2 Å². The molecular weight excluding hydrogens is 501 g/mol. The summed E-state index contributed by atoms with van der Waals surface area (Å²) in [5, 5.41) is 0.